The first kappa shape index (κ1) is 35.8. The Hall–Kier alpha value is -7.11. The van der Waals surface area contributed by atoms with Crippen LogP contribution < -0.4 is 15.8 Å². The molecule has 61 heavy (non-hydrogen) atoms. The molecule has 2 atom stereocenters. The molecule has 0 bridgehead atoms. The summed E-state index contributed by atoms with van der Waals surface area (Å²) < 4.78 is 6.79. The minimum atomic E-state index is -0.507. The molecule has 0 amide bonds. The molecule has 4 aliphatic rings. The second-order valence-corrected chi connectivity index (χ2v) is 16.7. The third-order valence-corrected chi connectivity index (χ3v) is 13.4. The van der Waals surface area contributed by atoms with E-state index in [2.05, 4.69) is 200 Å². The molecule has 12 rings (SSSR count). The van der Waals surface area contributed by atoms with Crippen LogP contribution in [0.1, 0.15) is 59.3 Å². The topological polar surface area (TPSA) is 59.6 Å². The van der Waals surface area contributed by atoms with Crippen molar-refractivity contribution >= 4 is 16.5 Å². The molecule has 0 saturated carbocycles. The number of allylic oxidation sites excluding steroid dienone is 3. The van der Waals surface area contributed by atoms with Crippen molar-refractivity contribution in [3.63, 3.8) is 0 Å². The van der Waals surface area contributed by atoms with Gasteiger partial charge in [-0.05, 0) is 121 Å². The first-order chi connectivity index (χ1) is 30.1. The number of nitrogens with zero attached hydrogens (tertiary/aromatic N) is 1. The molecular formula is C57H43N3O. The van der Waals surface area contributed by atoms with E-state index in [1.54, 1.807) is 0 Å². The number of ether oxygens (including phenoxy) is 1. The molecule has 292 valence electrons. The zero-order valence-corrected chi connectivity index (χ0v) is 33.9. The van der Waals surface area contributed by atoms with Crippen molar-refractivity contribution < 1.29 is 4.74 Å². The average Bonchev–Trinajstić information content (AvgIpc) is 3.80. The Labute approximate surface area is 356 Å². The van der Waals surface area contributed by atoms with Crippen molar-refractivity contribution in [1.29, 1.82) is 0 Å². The number of nitrogens with one attached hydrogen (secondary N) is 1. The highest BCUT2D eigenvalue weighted by Gasteiger charge is 2.51. The first-order valence-electron chi connectivity index (χ1n) is 21.4. The van der Waals surface area contributed by atoms with Crippen LogP contribution in [0.5, 0.6) is 11.5 Å². The van der Waals surface area contributed by atoms with Crippen molar-refractivity contribution in [3.8, 4) is 56.0 Å². The van der Waals surface area contributed by atoms with Gasteiger partial charge in [0.1, 0.15) is 17.7 Å². The molecule has 8 aromatic rings. The zero-order chi connectivity index (χ0) is 40.7. The Morgan fingerprint density at radius 3 is 2.00 bits per heavy atom. The summed E-state index contributed by atoms with van der Waals surface area (Å²) in [4.78, 5) is 5.35. The summed E-state index contributed by atoms with van der Waals surface area (Å²) in [6.45, 7) is 2.10. The van der Waals surface area contributed by atoms with E-state index in [1.165, 1.54) is 72.0 Å². The maximum Gasteiger partial charge on any atom is 0.132 e. The van der Waals surface area contributed by atoms with Crippen LogP contribution in [0.15, 0.2) is 199 Å². The van der Waals surface area contributed by atoms with Crippen LogP contribution in [-0.4, -0.2) is 11.9 Å². The highest BCUT2D eigenvalue weighted by molar-refractivity contribution is 6.15. The quantitative estimate of drug-likeness (QED) is 0.125. The van der Waals surface area contributed by atoms with Gasteiger partial charge in [-0.2, -0.15) is 0 Å². The third-order valence-electron chi connectivity index (χ3n) is 13.4. The maximum absolute atomic E-state index is 7.14. The molecule has 1 heterocycles. The van der Waals surface area contributed by atoms with Crippen LogP contribution >= 0.6 is 0 Å². The lowest BCUT2D eigenvalue weighted by atomic mass is 9.66. The van der Waals surface area contributed by atoms with Crippen molar-refractivity contribution in [2.75, 3.05) is 0 Å². The Balaban J connectivity index is 0.858. The standard InChI is InChI=1S/C57H43N3O/c1-35(36-25-27-37(28-26-36)40-29-31-42-45-19-11-15-38-16-12-20-46(54(38)45)47(42)33-40)59-56(39-13-3-2-4-14-39)60-55(58)41-30-32-51-53(34-41)61-52-24-10-9-23-50(52)57(51)48-21-7-5-17-43(48)44-18-6-8-22-49(44)57/h2-3,5-13,15-34,55-56,60H,4,14,58H2,1H3/b59-35+. The summed E-state index contributed by atoms with van der Waals surface area (Å²) in [6, 6.07) is 61.6. The van der Waals surface area contributed by atoms with Crippen LogP contribution in [-0.2, 0) is 5.41 Å². The van der Waals surface area contributed by atoms with Crippen molar-refractivity contribution in [3.05, 3.63) is 227 Å². The SMILES string of the molecule is C/C(=N\C(NC(N)c1ccc2c(c1)Oc1ccccc1C21c2ccccc2-c2ccccc21)C1=CC=CCC1)c1ccc(-c2ccc3c(c2)-c2cccc4cccc-3c24)cc1. The number of benzene rings is 8. The van der Waals surface area contributed by atoms with Gasteiger partial charge in [0.15, 0.2) is 0 Å². The smallest absolute Gasteiger partial charge is 0.132 e. The number of hydrogen-bond donors (Lipinski definition) is 2. The molecule has 0 aromatic heterocycles. The Morgan fingerprint density at radius 1 is 0.607 bits per heavy atom. The number of aliphatic imine (C=N–C) groups is 1. The van der Waals surface area contributed by atoms with Crippen LogP contribution in [0, 0.1) is 0 Å². The fraction of sp³-hybridized carbons (Fsp3) is 0.105. The first-order valence-corrected chi connectivity index (χ1v) is 21.4. The Bertz CT molecular complexity index is 3140. The van der Waals surface area contributed by atoms with Gasteiger partial charge in [0.25, 0.3) is 0 Å². The molecule has 0 fully saturated rings. The molecule has 0 saturated heterocycles. The molecular weight excluding hydrogens is 743 g/mol. The van der Waals surface area contributed by atoms with Crippen LogP contribution in [0.4, 0.5) is 0 Å². The van der Waals surface area contributed by atoms with E-state index >= 15 is 0 Å². The van der Waals surface area contributed by atoms with Gasteiger partial charge < -0.3 is 10.5 Å². The Kier molecular flexibility index (Phi) is 8.21. The fourth-order valence-corrected chi connectivity index (χ4v) is 10.6. The average molecular weight is 786 g/mol. The van der Waals surface area contributed by atoms with Gasteiger partial charge in [0, 0.05) is 16.8 Å². The number of hydrogen-bond acceptors (Lipinski definition) is 4. The van der Waals surface area contributed by atoms with Gasteiger partial charge in [0.05, 0.1) is 11.6 Å². The molecule has 1 spiro atoms. The minimum absolute atomic E-state index is 0.307. The number of nitrogens with two attached hydrogens (primary N) is 1. The van der Waals surface area contributed by atoms with Crippen LogP contribution in [0.2, 0.25) is 0 Å². The van der Waals surface area contributed by atoms with Crippen molar-refractivity contribution in [2.24, 2.45) is 10.7 Å². The second kappa shape index (κ2) is 14.0. The third kappa shape index (κ3) is 5.49. The maximum atomic E-state index is 7.14. The monoisotopic (exact) mass is 785 g/mol. The fourth-order valence-electron chi connectivity index (χ4n) is 10.6. The van der Waals surface area contributed by atoms with E-state index in [0.29, 0.717) is 0 Å². The summed E-state index contributed by atoms with van der Waals surface area (Å²) in [5.41, 5.74) is 25.8. The van der Waals surface area contributed by atoms with E-state index in [-0.39, 0.29) is 6.17 Å². The van der Waals surface area contributed by atoms with Gasteiger partial charge in [-0.25, -0.2) is 0 Å². The van der Waals surface area contributed by atoms with Gasteiger partial charge in [-0.3, -0.25) is 10.3 Å². The van der Waals surface area contributed by atoms with Gasteiger partial charge in [-0.1, -0.05) is 170 Å². The summed E-state index contributed by atoms with van der Waals surface area (Å²) >= 11 is 0. The van der Waals surface area contributed by atoms with Gasteiger partial charge >= 0.3 is 0 Å². The van der Waals surface area contributed by atoms with E-state index < -0.39 is 11.6 Å². The summed E-state index contributed by atoms with van der Waals surface area (Å²) in [7, 11) is 0. The molecule has 2 unspecified atom stereocenters. The van der Waals surface area contributed by atoms with Gasteiger partial charge in [0.2, 0.25) is 0 Å². The van der Waals surface area contributed by atoms with Gasteiger partial charge in [-0.15, -0.1) is 0 Å². The van der Waals surface area contributed by atoms with Crippen LogP contribution in [0.3, 0.4) is 0 Å². The molecule has 8 aromatic carbocycles. The predicted molar refractivity (Wildman–Crippen MR) is 250 cm³/mol. The largest absolute Gasteiger partial charge is 0.457 e. The highest BCUT2D eigenvalue weighted by atomic mass is 16.5. The predicted octanol–water partition coefficient (Wildman–Crippen LogP) is 13.3. The molecule has 3 N–H and O–H groups in total. The Morgan fingerprint density at radius 2 is 1.26 bits per heavy atom. The van der Waals surface area contributed by atoms with E-state index in [4.69, 9.17) is 15.5 Å². The molecule has 0 radical (unpaired) electrons. The normalized spacial score (nSPS) is 15.9. The molecule has 3 aliphatic carbocycles. The second-order valence-electron chi connectivity index (χ2n) is 16.7. The van der Waals surface area contributed by atoms with Crippen molar-refractivity contribution in [1.82, 2.24) is 5.32 Å². The lowest BCUT2D eigenvalue weighted by Crippen LogP contribution is -2.38. The molecule has 4 heteroatoms. The zero-order valence-electron chi connectivity index (χ0n) is 33.9. The highest BCUT2D eigenvalue weighted by Crippen LogP contribution is 2.62. The van der Waals surface area contributed by atoms with E-state index in [1.807, 2.05) is 0 Å². The lowest BCUT2D eigenvalue weighted by Gasteiger charge is -2.39. The number of fused-ring (bicyclic) bond motifs is 12. The van der Waals surface area contributed by atoms with Crippen molar-refractivity contribution in [2.45, 2.75) is 37.5 Å². The lowest BCUT2D eigenvalue weighted by molar-refractivity contribution is 0.431. The summed E-state index contributed by atoms with van der Waals surface area (Å²) in [6.07, 6.45) is 7.61. The van der Waals surface area contributed by atoms with E-state index in [9.17, 15) is 0 Å². The minimum Gasteiger partial charge on any atom is -0.457 e. The van der Waals surface area contributed by atoms with Crippen LogP contribution in [0.25, 0.3) is 55.3 Å². The molecule has 1 aliphatic heterocycles. The van der Waals surface area contributed by atoms with E-state index in [0.717, 1.165) is 52.3 Å². The summed E-state index contributed by atoms with van der Waals surface area (Å²) in [5, 5.41) is 6.37. The number of para-hydroxylation sites is 1. The number of rotatable bonds is 7. The summed E-state index contributed by atoms with van der Waals surface area (Å²) in [5.74, 6) is 1.68. The molecule has 4 nitrogen and oxygen atoms in total.